The second-order valence-electron chi connectivity index (χ2n) is 8.37. The molecule has 0 bridgehead atoms. The van der Waals surface area contributed by atoms with Crippen LogP contribution in [-0.2, 0) is 10.0 Å². The number of piperidine rings is 2. The summed E-state index contributed by atoms with van der Waals surface area (Å²) in [6.45, 7) is 0.0195. The number of nitrogens with zero attached hydrogens (tertiary/aromatic N) is 3. The third-order valence-electron chi connectivity index (χ3n) is 6.05. The van der Waals surface area contributed by atoms with E-state index in [0.29, 0.717) is 24.3 Å². The molecule has 2 aliphatic rings. The summed E-state index contributed by atoms with van der Waals surface area (Å²) in [5.74, 6) is 0.0748. The number of alkyl halides is 2. The number of hydrogen-bond donors (Lipinski definition) is 0. The first-order valence-corrected chi connectivity index (χ1v) is 12.9. The van der Waals surface area contributed by atoms with Gasteiger partial charge in [-0.15, -0.1) is 0 Å². The second kappa shape index (κ2) is 10.6. The molecule has 0 amide bonds. The Morgan fingerprint density at radius 3 is 2.15 bits per heavy atom. The van der Waals surface area contributed by atoms with Gasteiger partial charge in [0.15, 0.2) is 0 Å². The minimum Gasteiger partial charge on any atom is -0.435 e. The lowest BCUT2D eigenvalue weighted by molar-refractivity contribution is -0.0498. The Bertz CT molecular complexity index is 1060. The van der Waals surface area contributed by atoms with Crippen molar-refractivity contribution in [2.75, 3.05) is 31.1 Å². The summed E-state index contributed by atoms with van der Waals surface area (Å²) in [6.07, 6.45) is 7.78. The van der Waals surface area contributed by atoms with Gasteiger partial charge in [0.2, 0.25) is 10.0 Å². The second-order valence-corrected chi connectivity index (χ2v) is 10.3. The average Bonchev–Trinajstić information content (AvgIpc) is 2.84. The zero-order valence-corrected chi connectivity index (χ0v) is 19.3. The Labute approximate surface area is 193 Å². The molecule has 33 heavy (non-hydrogen) atoms. The number of ether oxygens (including phenoxy) is 1. The van der Waals surface area contributed by atoms with Crippen LogP contribution in [0.3, 0.4) is 0 Å². The van der Waals surface area contributed by atoms with Gasteiger partial charge in [-0.2, -0.15) is 13.1 Å². The SMILES string of the molecule is O=S(=O)(c1ccc(N2CCCCC2)c(N=Cc2ccc(OC(F)F)cc2)c1)N1CCCCC1. The Hall–Kier alpha value is -2.52. The molecule has 2 aromatic carbocycles. The van der Waals surface area contributed by atoms with Crippen LogP contribution in [0.25, 0.3) is 0 Å². The van der Waals surface area contributed by atoms with Crippen molar-refractivity contribution >= 4 is 27.6 Å². The lowest BCUT2D eigenvalue weighted by atomic mass is 10.1. The number of sulfonamides is 1. The van der Waals surface area contributed by atoms with E-state index in [9.17, 15) is 17.2 Å². The first-order chi connectivity index (χ1) is 15.9. The van der Waals surface area contributed by atoms with Crippen LogP contribution in [0.2, 0.25) is 0 Å². The Balaban J connectivity index is 1.64. The predicted octanol–water partition coefficient (Wildman–Crippen LogP) is 5.20. The van der Waals surface area contributed by atoms with Crippen molar-refractivity contribution in [3.8, 4) is 5.75 Å². The zero-order valence-electron chi connectivity index (χ0n) is 18.5. The molecule has 0 aliphatic carbocycles. The van der Waals surface area contributed by atoms with Crippen molar-refractivity contribution in [1.82, 2.24) is 4.31 Å². The summed E-state index contributed by atoms with van der Waals surface area (Å²) < 4.78 is 57.1. The minimum absolute atomic E-state index is 0.0748. The summed E-state index contributed by atoms with van der Waals surface area (Å²) >= 11 is 0. The van der Waals surface area contributed by atoms with E-state index < -0.39 is 16.6 Å². The minimum atomic E-state index is -3.58. The van der Waals surface area contributed by atoms with Gasteiger partial charge < -0.3 is 9.64 Å². The Morgan fingerprint density at radius 1 is 0.879 bits per heavy atom. The molecule has 2 fully saturated rings. The van der Waals surface area contributed by atoms with Crippen LogP contribution in [0.1, 0.15) is 44.1 Å². The number of benzene rings is 2. The maximum absolute atomic E-state index is 13.2. The van der Waals surface area contributed by atoms with Gasteiger partial charge in [-0.25, -0.2) is 8.42 Å². The molecule has 2 heterocycles. The highest BCUT2D eigenvalue weighted by Crippen LogP contribution is 2.34. The van der Waals surface area contributed by atoms with Gasteiger partial charge in [-0.3, -0.25) is 4.99 Å². The number of anilines is 1. The molecular formula is C24H29F2N3O3S. The van der Waals surface area contributed by atoms with E-state index in [1.165, 1.54) is 18.6 Å². The van der Waals surface area contributed by atoms with Crippen LogP contribution in [0.5, 0.6) is 5.75 Å². The summed E-state index contributed by atoms with van der Waals surface area (Å²) in [5.41, 5.74) is 2.19. The summed E-state index contributed by atoms with van der Waals surface area (Å²) in [6, 6.07) is 11.4. The van der Waals surface area contributed by atoms with E-state index in [1.807, 2.05) is 6.07 Å². The van der Waals surface area contributed by atoms with Gasteiger partial charge in [-0.1, -0.05) is 6.42 Å². The zero-order chi connectivity index (χ0) is 23.3. The van der Waals surface area contributed by atoms with Crippen LogP contribution in [0.4, 0.5) is 20.2 Å². The van der Waals surface area contributed by atoms with Crippen LogP contribution >= 0.6 is 0 Å². The molecule has 178 valence electrons. The molecule has 2 saturated heterocycles. The van der Waals surface area contributed by atoms with Crippen LogP contribution in [0, 0.1) is 0 Å². The predicted molar refractivity (Wildman–Crippen MR) is 125 cm³/mol. The first kappa shape index (κ1) is 23.6. The van der Waals surface area contributed by atoms with Crippen molar-refractivity contribution in [3.05, 3.63) is 48.0 Å². The molecule has 0 saturated carbocycles. The maximum atomic E-state index is 13.2. The molecule has 0 aromatic heterocycles. The largest absolute Gasteiger partial charge is 0.435 e. The van der Waals surface area contributed by atoms with Gasteiger partial charge in [0.1, 0.15) is 5.75 Å². The topological polar surface area (TPSA) is 62.2 Å². The van der Waals surface area contributed by atoms with E-state index in [0.717, 1.165) is 50.9 Å². The lowest BCUT2D eigenvalue weighted by Gasteiger charge is -2.30. The smallest absolute Gasteiger partial charge is 0.387 e. The van der Waals surface area contributed by atoms with Crippen molar-refractivity contribution < 1.29 is 21.9 Å². The van der Waals surface area contributed by atoms with Gasteiger partial charge in [0.05, 0.1) is 16.3 Å². The van der Waals surface area contributed by atoms with Crippen LogP contribution in [0.15, 0.2) is 52.4 Å². The van der Waals surface area contributed by atoms with Gasteiger partial charge in [-0.05, 0) is 80.1 Å². The molecule has 0 atom stereocenters. The summed E-state index contributed by atoms with van der Waals surface area (Å²) in [5, 5.41) is 0. The van der Waals surface area contributed by atoms with E-state index in [1.54, 1.807) is 34.8 Å². The van der Waals surface area contributed by atoms with Gasteiger partial charge in [0, 0.05) is 32.4 Å². The average molecular weight is 478 g/mol. The Morgan fingerprint density at radius 2 is 1.52 bits per heavy atom. The fraction of sp³-hybridized carbons (Fsp3) is 0.458. The van der Waals surface area contributed by atoms with Crippen molar-refractivity contribution in [3.63, 3.8) is 0 Å². The molecule has 2 aromatic rings. The van der Waals surface area contributed by atoms with Gasteiger partial charge >= 0.3 is 6.61 Å². The van der Waals surface area contributed by atoms with Crippen molar-refractivity contribution in [1.29, 1.82) is 0 Å². The first-order valence-electron chi connectivity index (χ1n) is 11.4. The number of aliphatic imine (C=N–C) groups is 1. The molecule has 6 nitrogen and oxygen atoms in total. The molecule has 0 N–H and O–H groups in total. The molecule has 0 unspecified atom stereocenters. The van der Waals surface area contributed by atoms with Gasteiger partial charge in [0.25, 0.3) is 0 Å². The normalized spacial score (nSPS) is 18.2. The number of hydrogen-bond acceptors (Lipinski definition) is 5. The molecule has 9 heteroatoms. The van der Waals surface area contributed by atoms with E-state index >= 15 is 0 Å². The molecule has 0 radical (unpaired) electrons. The summed E-state index contributed by atoms with van der Waals surface area (Å²) in [4.78, 5) is 7.11. The van der Waals surface area contributed by atoms with Crippen LogP contribution in [-0.4, -0.2) is 51.7 Å². The van der Waals surface area contributed by atoms with E-state index in [-0.39, 0.29) is 10.6 Å². The fourth-order valence-electron chi connectivity index (χ4n) is 4.30. The highest BCUT2D eigenvalue weighted by atomic mass is 32.2. The molecular weight excluding hydrogens is 448 g/mol. The van der Waals surface area contributed by atoms with E-state index in [2.05, 4.69) is 14.6 Å². The number of halogens is 2. The lowest BCUT2D eigenvalue weighted by Crippen LogP contribution is -2.35. The van der Waals surface area contributed by atoms with E-state index in [4.69, 9.17) is 0 Å². The quantitative estimate of drug-likeness (QED) is 0.514. The fourth-order valence-corrected chi connectivity index (χ4v) is 5.84. The summed E-state index contributed by atoms with van der Waals surface area (Å²) in [7, 11) is -3.58. The Kier molecular flexibility index (Phi) is 7.60. The highest BCUT2D eigenvalue weighted by molar-refractivity contribution is 7.89. The molecule has 2 aliphatic heterocycles. The monoisotopic (exact) mass is 477 g/mol. The van der Waals surface area contributed by atoms with Crippen LogP contribution < -0.4 is 9.64 Å². The third kappa shape index (κ3) is 5.89. The standard InChI is InChI=1S/C24H29F2N3O3S/c25-24(26)32-20-9-7-19(8-10-20)18-27-22-17-21(33(30,31)29-15-5-2-6-16-29)11-12-23(22)28-13-3-1-4-14-28/h7-12,17-18,24H,1-6,13-16H2. The maximum Gasteiger partial charge on any atom is 0.387 e. The number of rotatable bonds is 7. The van der Waals surface area contributed by atoms with Crippen molar-refractivity contribution in [2.24, 2.45) is 4.99 Å². The highest BCUT2D eigenvalue weighted by Gasteiger charge is 2.27. The molecule has 0 spiro atoms. The van der Waals surface area contributed by atoms with Crippen molar-refractivity contribution in [2.45, 2.75) is 50.0 Å². The third-order valence-corrected chi connectivity index (χ3v) is 7.95. The molecule has 4 rings (SSSR count).